The average molecular weight is 473 g/mol. The zero-order valence-electron chi connectivity index (χ0n) is 19.6. The highest BCUT2D eigenvalue weighted by Crippen LogP contribution is 2.28. The molecule has 1 N–H and O–H groups in total. The second-order valence-corrected chi connectivity index (χ2v) is 11.3. The van der Waals surface area contributed by atoms with Crippen molar-refractivity contribution in [3.05, 3.63) is 39.5 Å². The Kier molecular flexibility index (Phi) is 7.76. The van der Waals surface area contributed by atoms with Crippen LogP contribution in [0.1, 0.15) is 43.7 Å². The van der Waals surface area contributed by atoms with Gasteiger partial charge >= 0.3 is 0 Å². The van der Waals surface area contributed by atoms with Crippen LogP contribution in [0.4, 0.5) is 0 Å². The molecular weight excluding hydrogens is 436 g/mol. The van der Waals surface area contributed by atoms with Gasteiger partial charge in [-0.05, 0) is 38.3 Å². The Hall–Kier alpha value is -1.61. The van der Waals surface area contributed by atoms with Crippen molar-refractivity contribution in [1.82, 2.24) is 19.7 Å². The molecule has 0 bridgehead atoms. The van der Waals surface area contributed by atoms with Crippen molar-refractivity contribution in [2.24, 2.45) is 4.99 Å². The summed E-state index contributed by atoms with van der Waals surface area (Å²) in [6, 6.07) is 0.403. The van der Waals surface area contributed by atoms with Crippen LogP contribution in [-0.4, -0.2) is 83.0 Å². The normalized spacial score (nSPS) is 26.7. The largest absolute Gasteiger partial charge is 0.344 e. The van der Waals surface area contributed by atoms with E-state index in [1.807, 2.05) is 11.6 Å². The minimum atomic E-state index is -0.248. The van der Waals surface area contributed by atoms with Gasteiger partial charge in [-0.15, -0.1) is 11.3 Å². The van der Waals surface area contributed by atoms with Crippen molar-refractivity contribution in [2.45, 2.75) is 45.4 Å². The third-order valence-corrected chi connectivity index (χ3v) is 9.22. The molecule has 3 aliphatic rings. The second-order valence-electron chi connectivity index (χ2n) is 8.78. The van der Waals surface area contributed by atoms with Gasteiger partial charge < -0.3 is 4.90 Å². The van der Waals surface area contributed by atoms with Crippen molar-refractivity contribution >= 4 is 40.4 Å². The van der Waals surface area contributed by atoms with Crippen LogP contribution in [0.5, 0.6) is 0 Å². The fourth-order valence-electron chi connectivity index (χ4n) is 4.98. The number of piperazine rings is 1. The van der Waals surface area contributed by atoms with Gasteiger partial charge in [-0.2, -0.15) is 0 Å². The molecule has 3 atom stereocenters. The summed E-state index contributed by atoms with van der Waals surface area (Å²) in [5.41, 5.74) is 7.10. The van der Waals surface area contributed by atoms with Crippen molar-refractivity contribution < 1.29 is 0 Å². The van der Waals surface area contributed by atoms with Gasteiger partial charge in [-0.1, -0.05) is 29.8 Å². The summed E-state index contributed by atoms with van der Waals surface area (Å²) >= 11 is 1.65. The van der Waals surface area contributed by atoms with E-state index in [1.54, 1.807) is 11.3 Å². The van der Waals surface area contributed by atoms with Crippen molar-refractivity contribution in [2.75, 3.05) is 44.7 Å². The topological polar surface area (TPSA) is 58.8 Å². The van der Waals surface area contributed by atoms with Crippen molar-refractivity contribution in [3.63, 3.8) is 0 Å². The summed E-state index contributed by atoms with van der Waals surface area (Å²) in [6.07, 6.45) is 9.59. The highest BCUT2D eigenvalue weighted by atomic mass is 32.2. The lowest BCUT2D eigenvalue weighted by Gasteiger charge is -2.45. The molecule has 174 valence electrons. The first-order valence-electron chi connectivity index (χ1n) is 11.6. The maximum absolute atomic E-state index is 8.23. The lowest BCUT2D eigenvalue weighted by Crippen LogP contribution is -2.56. The summed E-state index contributed by atoms with van der Waals surface area (Å²) in [4.78, 5) is 18.1. The third kappa shape index (κ3) is 4.98. The van der Waals surface area contributed by atoms with Gasteiger partial charge in [0, 0.05) is 68.3 Å². The Balaban J connectivity index is 1.39. The predicted molar refractivity (Wildman–Crippen MR) is 139 cm³/mol. The highest BCUT2D eigenvalue weighted by Gasteiger charge is 2.32. The molecule has 1 aromatic heterocycles. The van der Waals surface area contributed by atoms with Gasteiger partial charge in [0.15, 0.2) is 6.29 Å². The van der Waals surface area contributed by atoms with Gasteiger partial charge in [0.1, 0.15) is 0 Å². The summed E-state index contributed by atoms with van der Waals surface area (Å²) in [5.74, 6) is 1.90. The summed E-state index contributed by atoms with van der Waals surface area (Å²) < 4.78 is 8.23. The molecule has 4 heterocycles. The van der Waals surface area contributed by atoms with Crippen LogP contribution in [0.25, 0.3) is 12.2 Å². The number of aliphatic imine (C=N–C) groups is 1. The molecule has 3 unspecified atom stereocenters. The van der Waals surface area contributed by atoms with Crippen LogP contribution >= 0.6 is 11.3 Å². The molecule has 32 heavy (non-hydrogen) atoms. The average Bonchev–Trinajstić information content (AvgIpc) is 3.17. The molecule has 3 aliphatic heterocycles. The van der Waals surface area contributed by atoms with Gasteiger partial charge in [-0.25, -0.2) is 4.98 Å². The SMILES string of the molecule is C=Cc1scnc1/C=C(\CC)C(C)N1CCN(C2N=CC3=C(CCCS(=N)C3)N2C)CC1. The first-order chi connectivity index (χ1) is 15.5. The van der Waals surface area contributed by atoms with E-state index in [9.17, 15) is 0 Å². The molecule has 8 heteroatoms. The summed E-state index contributed by atoms with van der Waals surface area (Å²) in [7, 11) is 1.95. The Morgan fingerprint density at radius 3 is 2.88 bits per heavy atom. The maximum atomic E-state index is 8.23. The van der Waals surface area contributed by atoms with E-state index in [0.717, 1.165) is 67.5 Å². The Bertz CT molecular complexity index is 938. The molecule has 1 fully saturated rings. The van der Waals surface area contributed by atoms with Gasteiger partial charge in [0.25, 0.3) is 0 Å². The van der Waals surface area contributed by atoms with E-state index in [1.165, 1.54) is 16.8 Å². The highest BCUT2D eigenvalue weighted by molar-refractivity contribution is 7.86. The monoisotopic (exact) mass is 472 g/mol. The predicted octanol–water partition coefficient (Wildman–Crippen LogP) is 4.31. The molecule has 0 spiro atoms. The molecule has 0 amide bonds. The zero-order chi connectivity index (χ0) is 22.7. The molecule has 4 rings (SSSR count). The number of hydrogen-bond acceptors (Lipinski definition) is 7. The smallest absolute Gasteiger partial charge is 0.178 e. The van der Waals surface area contributed by atoms with Crippen LogP contribution < -0.4 is 0 Å². The first-order valence-corrected chi connectivity index (χ1v) is 14.1. The standard InChI is InChI=1S/C24H36N6S2/c1-5-19(14-21-23(6-2)31-17-27-21)18(3)29-9-11-30(12-10-29)24-26-15-20-16-32(25)13-7-8-22(20)28(24)4/h6,14-15,17-18,24-25H,2,5,7-13,16H2,1,3-4H3/b19-14+. The third-order valence-electron chi connectivity index (χ3n) is 6.94. The molecule has 1 aromatic rings. The lowest BCUT2D eigenvalue weighted by atomic mass is 10.0. The van der Waals surface area contributed by atoms with E-state index < -0.39 is 0 Å². The molecular formula is C24H36N6S2. The minimum Gasteiger partial charge on any atom is -0.344 e. The zero-order valence-corrected chi connectivity index (χ0v) is 21.2. The Morgan fingerprint density at radius 1 is 1.38 bits per heavy atom. The van der Waals surface area contributed by atoms with Crippen LogP contribution in [0, 0.1) is 4.78 Å². The number of thiazole rings is 1. The summed E-state index contributed by atoms with van der Waals surface area (Å²) in [6.45, 7) is 12.6. The minimum absolute atomic E-state index is 0.100. The number of nitrogens with zero attached hydrogens (tertiary/aromatic N) is 5. The van der Waals surface area contributed by atoms with E-state index in [0.29, 0.717) is 6.04 Å². The Labute approximate surface area is 199 Å². The number of nitrogens with one attached hydrogen (secondary N) is 1. The Morgan fingerprint density at radius 2 is 2.16 bits per heavy atom. The fourth-order valence-corrected chi connectivity index (χ4v) is 6.84. The van der Waals surface area contributed by atoms with Crippen molar-refractivity contribution in [3.8, 4) is 0 Å². The van der Waals surface area contributed by atoms with Crippen LogP contribution in [0.15, 0.2) is 33.9 Å². The molecule has 0 aromatic carbocycles. The number of aromatic nitrogens is 1. The van der Waals surface area contributed by atoms with E-state index in [4.69, 9.17) is 9.77 Å². The van der Waals surface area contributed by atoms with E-state index in [-0.39, 0.29) is 17.0 Å². The molecule has 0 saturated carbocycles. The number of rotatable bonds is 6. The van der Waals surface area contributed by atoms with Crippen molar-refractivity contribution in [1.29, 1.82) is 4.78 Å². The van der Waals surface area contributed by atoms with E-state index >= 15 is 0 Å². The molecule has 6 nitrogen and oxygen atoms in total. The number of allylic oxidation sites excluding steroid dienone is 1. The molecule has 0 radical (unpaired) electrons. The maximum Gasteiger partial charge on any atom is 0.178 e. The van der Waals surface area contributed by atoms with Crippen LogP contribution in [0.3, 0.4) is 0 Å². The van der Waals surface area contributed by atoms with Gasteiger partial charge in [0.05, 0.1) is 16.1 Å². The second kappa shape index (κ2) is 10.5. The van der Waals surface area contributed by atoms with Crippen LogP contribution in [0.2, 0.25) is 0 Å². The van der Waals surface area contributed by atoms with Gasteiger partial charge in [-0.3, -0.25) is 19.6 Å². The number of hydrogen-bond donors (Lipinski definition) is 1. The molecule has 1 saturated heterocycles. The molecule has 0 aliphatic carbocycles. The first kappa shape index (κ1) is 23.5. The van der Waals surface area contributed by atoms with Crippen LogP contribution in [-0.2, 0) is 10.7 Å². The van der Waals surface area contributed by atoms with E-state index in [2.05, 4.69) is 59.4 Å². The fraction of sp³-hybridized carbons (Fsp3) is 0.583. The quantitative estimate of drug-likeness (QED) is 0.670. The summed E-state index contributed by atoms with van der Waals surface area (Å²) in [5, 5.41) is 0. The van der Waals surface area contributed by atoms with Gasteiger partial charge in [0.2, 0.25) is 0 Å². The lowest BCUT2D eigenvalue weighted by molar-refractivity contribution is 0.0294.